The van der Waals surface area contributed by atoms with Crippen LogP contribution in [0.5, 0.6) is 5.75 Å². The number of amides is 1. The molecule has 2 aromatic rings. The minimum absolute atomic E-state index is 0.465. The zero-order chi connectivity index (χ0) is 11.5. The van der Waals surface area contributed by atoms with Crippen LogP contribution in [0.2, 0.25) is 0 Å². The molecule has 0 bridgehead atoms. The maximum atomic E-state index is 10.9. The monoisotopic (exact) mass is 215 g/mol. The number of ether oxygens (including phenoxy) is 1. The van der Waals surface area contributed by atoms with Crippen LogP contribution >= 0.6 is 0 Å². The molecular formula is C13H13NO2. The molecule has 82 valence electrons. The number of benzene rings is 2. The summed E-state index contributed by atoms with van der Waals surface area (Å²) in [4.78, 5) is 10.9. The Bertz CT molecular complexity index is 517. The molecule has 3 nitrogen and oxygen atoms in total. The number of hydrogen-bond donors (Lipinski definition) is 1. The van der Waals surface area contributed by atoms with Crippen LogP contribution < -0.4 is 10.5 Å². The van der Waals surface area contributed by atoms with Gasteiger partial charge in [0.05, 0.1) is 0 Å². The molecule has 0 saturated carbocycles. The molecule has 0 aliphatic rings. The van der Waals surface area contributed by atoms with Crippen molar-refractivity contribution in [3.63, 3.8) is 0 Å². The number of nitrogens with two attached hydrogens (primary N) is 1. The van der Waals surface area contributed by atoms with E-state index in [0.29, 0.717) is 5.75 Å². The maximum Gasteiger partial charge on any atom is 0.258 e. The van der Waals surface area contributed by atoms with Gasteiger partial charge in [-0.25, -0.2) is 0 Å². The van der Waals surface area contributed by atoms with E-state index in [9.17, 15) is 4.79 Å². The van der Waals surface area contributed by atoms with Crippen LogP contribution in [0.25, 0.3) is 10.8 Å². The minimum Gasteiger partial charge on any atom is -0.480 e. The molecule has 0 radical (unpaired) electrons. The highest BCUT2D eigenvalue weighted by atomic mass is 16.5. The SMILES string of the molecule is CC(Oc1cccc2ccccc12)C(N)=O. The predicted octanol–water partition coefficient (Wildman–Crippen LogP) is 2.09. The van der Waals surface area contributed by atoms with Crippen LogP contribution in [0, 0.1) is 0 Å². The summed E-state index contributed by atoms with van der Waals surface area (Å²) in [6.07, 6.45) is -0.620. The van der Waals surface area contributed by atoms with E-state index in [1.54, 1.807) is 6.92 Å². The fourth-order valence-corrected chi connectivity index (χ4v) is 1.55. The summed E-state index contributed by atoms with van der Waals surface area (Å²) in [5.74, 6) is 0.220. The quantitative estimate of drug-likeness (QED) is 0.852. The van der Waals surface area contributed by atoms with Crippen molar-refractivity contribution in [3.05, 3.63) is 42.5 Å². The van der Waals surface area contributed by atoms with Crippen molar-refractivity contribution in [2.45, 2.75) is 13.0 Å². The number of carbonyl (C=O) groups excluding carboxylic acids is 1. The van der Waals surface area contributed by atoms with Crippen LogP contribution in [0.3, 0.4) is 0 Å². The molecule has 0 fully saturated rings. The van der Waals surface area contributed by atoms with Gasteiger partial charge in [0.15, 0.2) is 6.10 Å². The van der Waals surface area contributed by atoms with Gasteiger partial charge in [-0.3, -0.25) is 4.79 Å². The first-order valence-electron chi connectivity index (χ1n) is 5.12. The second kappa shape index (κ2) is 4.23. The lowest BCUT2D eigenvalue weighted by Crippen LogP contribution is -2.30. The average molecular weight is 215 g/mol. The van der Waals surface area contributed by atoms with Crippen molar-refractivity contribution in [3.8, 4) is 5.75 Å². The first-order chi connectivity index (χ1) is 7.68. The first kappa shape index (κ1) is 10.5. The lowest BCUT2D eigenvalue weighted by molar-refractivity contribution is -0.123. The number of rotatable bonds is 3. The van der Waals surface area contributed by atoms with Crippen LogP contribution in [0.4, 0.5) is 0 Å². The van der Waals surface area contributed by atoms with Gasteiger partial charge < -0.3 is 10.5 Å². The van der Waals surface area contributed by atoms with Crippen molar-refractivity contribution in [2.75, 3.05) is 0 Å². The van der Waals surface area contributed by atoms with E-state index in [2.05, 4.69) is 0 Å². The average Bonchev–Trinajstić information content (AvgIpc) is 2.29. The van der Waals surface area contributed by atoms with E-state index in [1.165, 1.54) is 0 Å². The lowest BCUT2D eigenvalue weighted by atomic mass is 10.1. The molecule has 2 aromatic carbocycles. The smallest absolute Gasteiger partial charge is 0.258 e. The van der Waals surface area contributed by atoms with Crippen LogP contribution in [-0.4, -0.2) is 12.0 Å². The molecule has 2 N–H and O–H groups in total. The molecule has 2 rings (SSSR count). The van der Waals surface area contributed by atoms with E-state index in [4.69, 9.17) is 10.5 Å². The van der Waals surface area contributed by atoms with Crippen molar-refractivity contribution in [2.24, 2.45) is 5.73 Å². The second-order valence-electron chi connectivity index (χ2n) is 3.64. The molecule has 16 heavy (non-hydrogen) atoms. The molecule has 0 heterocycles. The summed E-state index contributed by atoms with van der Waals surface area (Å²) < 4.78 is 5.51. The molecule has 0 spiro atoms. The highest BCUT2D eigenvalue weighted by Gasteiger charge is 2.11. The zero-order valence-corrected chi connectivity index (χ0v) is 9.01. The normalized spacial score (nSPS) is 12.3. The number of fused-ring (bicyclic) bond motifs is 1. The van der Waals surface area contributed by atoms with E-state index < -0.39 is 12.0 Å². The first-order valence-corrected chi connectivity index (χ1v) is 5.12. The van der Waals surface area contributed by atoms with Gasteiger partial charge in [-0.15, -0.1) is 0 Å². The van der Waals surface area contributed by atoms with Crippen molar-refractivity contribution >= 4 is 16.7 Å². The molecular weight excluding hydrogens is 202 g/mol. The van der Waals surface area contributed by atoms with Crippen LogP contribution in [0.15, 0.2) is 42.5 Å². The van der Waals surface area contributed by atoms with E-state index >= 15 is 0 Å². The standard InChI is InChI=1S/C13H13NO2/c1-9(13(14)15)16-12-8-4-6-10-5-2-3-7-11(10)12/h2-9H,1H3,(H2,14,15). The highest BCUT2D eigenvalue weighted by Crippen LogP contribution is 2.25. The predicted molar refractivity (Wildman–Crippen MR) is 63.2 cm³/mol. The molecule has 1 amide bonds. The minimum atomic E-state index is -0.620. The lowest BCUT2D eigenvalue weighted by Gasteiger charge is -2.13. The Kier molecular flexibility index (Phi) is 2.77. The summed E-state index contributed by atoms with van der Waals surface area (Å²) >= 11 is 0. The largest absolute Gasteiger partial charge is 0.480 e. The summed E-state index contributed by atoms with van der Waals surface area (Å²) in [7, 11) is 0. The third-order valence-electron chi connectivity index (χ3n) is 2.45. The molecule has 1 unspecified atom stereocenters. The third kappa shape index (κ3) is 1.98. The second-order valence-corrected chi connectivity index (χ2v) is 3.64. The van der Waals surface area contributed by atoms with Gasteiger partial charge in [0, 0.05) is 5.39 Å². The number of carbonyl (C=O) groups is 1. The summed E-state index contributed by atoms with van der Waals surface area (Å²) in [5, 5.41) is 2.06. The van der Waals surface area contributed by atoms with Gasteiger partial charge in [0.25, 0.3) is 5.91 Å². The Morgan fingerprint density at radius 1 is 1.19 bits per heavy atom. The molecule has 0 saturated heterocycles. The van der Waals surface area contributed by atoms with E-state index in [1.807, 2.05) is 42.5 Å². The molecule has 3 heteroatoms. The van der Waals surface area contributed by atoms with E-state index in [0.717, 1.165) is 10.8 Å². The Morgan fingerprint density at radius 3 is 2.62 bits per heavy atom. The van der Waals surface area contributed by atoms with Crippen LogP contribution in [0.1, 0.15) is 6.92 Å². The third-order valence-corrected chi connectivity index (χ3v) is 2.45. The zero-order valence-electron chi connectivity index (χ0n) is 9.01. The van der Waals surface area contributed by atoms with Gasteiger partial charge in [0.1, 0.15) is 5.75 Å². The summed E-state index contributed by atoms with van der Waals surface area (Å²) in [5.41, 5.74) is 5.16. The molecule has 0 aromatic heterocycles. The summed E-state index contributed by atoms with van der Waals surface area (Å²) in [6.45, 7) is 1.64. The van der Waals surface area contributed by atoms with Gasteiger partial charge in [0.2, 0.25) is 0 Å². The topological polar surface area (TPSA) is 52.3 Å². The Morgan fingerprint density at radius 2 is 1.88 bits per heavy atom. The van der Waals surface area contributed by atoms with Gasteiger partial charge in [-0.05, 0) is 18.4 Å². The van der Waals surface area contributed by atoms with Crippen molar-refractivity contribution < 1.29 is 9.53 Å². The van der Waals surface area contributed by atoms with Gasteiger partial charge in [-0.2, -0.15) is 0 Å². The molecule has 1 atom stereocenters. The Hall–Kier alpha value is -2.03. The Balaban J connectivity index is 2.41. The van der Waals surface area contributed by atoms with Crippen molar-refractivity contribution in [1.82, 2.24) is 0 Å². The number of primary amides is 1. The highest BCUT2D eigenvalue weighted by molar-refractivity contribution is 5.88. The number of hydrogen-bond acceptors (Lipinski definition) is 2. The van der Waals surface area contributed by atoms with Gasteiger partial charge in [-0.1, -0.05) is 36.4 Å². The van der Waals surface area contributed by atoms with Crippen LogP contribution in [-0.2, 0) is 4.79 Å². The van der Waals surface area contributed by atoms with E-state index in [-0.39, 0.29) is 0 Å². The van der Waals surface area contributed by atoms with Gasteiger partial charge >= 0.3 is 0 Å². The molecule has 0 aliphatic carbocycles. The summed E-state index contributed by atoms with van der Waals surface area (Å²) in [6, 6.07) is 13.6. The Labute approximate surface area is 93.8 Å². The molecule has 0 aliphatic heterocycles. The maximum absolute atomic E-state index is 10.9. The fourth-order valence-electron chi connectivity index (χ4n) is 1.55. The van der Waals surface area contributed by atoms with Crippen molar-refractivity contribution in [1.29, 1.82) is 0 Å². The fraction of sp³-hybridized carbons (Fsp3) is 0.154.